The van der Waals surface area contributed by atoms with Gasteiger partial charge in [0.2, 0.25) is 5.82 Å². The molecule has 2 rings (SSSR count). The summed E-state index contributed by atoms with van der Waals surface area (Å²) >= 11 is 0. The van der Waals surface area contributed by atoms with Crippen LogP contribution in [-0.4, -0.2) is 45.7 Å². The Morgan fingerprint density at radius 3 is 2.95 bits per heavy atom. The van der Waals surface area contributed by atoms with Crippen LogP contribution in [-0.2, 0) is 11.8 Å². The van der Waals surface area contributed by atoms with E-state index < -0.39 is 11.0 Å². The molecule has 1 aromatic rings. The highest BCUT2D eigenvalue weighted by atomic mass is 16.6. The van der Waals surface area contributed by atoms with Crippen LogP contribution in [0.25, 0.3) is 0 Å². The summed E-state index contributed by atoms with van der Waals surface area (Å²) in [6.07, 6.45) is 1.70. The van der Waals surface area contributed by atoms with Gasteiger partial charge in [-0.25, -0.2) is 4.68 Å². The average Bonchev–Trinajstić information content (AvgIpc) is 3.12. The monoisotopic (exact) mass is 284 g/mol. The smallest absolute Gasteiger partial charge is 0.333 e. The maximum absolute atomic E-state index is 11.0. The summed E-state index contributed by atoms with van der Waals surface area (Å²) in [5.74, 6) is 0.949. The van der Waals surface area contributed by atoms with Crippen molar-refractivity contribution in [2.45, 2.75) is 25.9 Å². The van der Waals surface area contributed by atoms with Crippen molar-refractivity contribution in [2.24, 2.45) is 13.0 Å². The SMILES string of the molecule is Cc1nn(C)c(NCC(O)COCC2CC2)c1[N+](=O)[O-]. The summed E-state index contributed by atoms with van der Waals surface area (Å²) in [6.45, 7) is 2.68. The van der Waals surface area contributed by atoms with Gasteiger partial charge < -0.3 is 15.2 Å². The molecule has 1 aliphatic rings. The first-order valence-corrected chi connectivity index (χ1v) is 6.66. The largest absolute Gasteiger partial charge is 0.389 e. The molecule has 0 saturated heterocycles. The van der Waals surface area contributed by atoms with Gasteiger partial charge in [0.05, 0.1) is 17.6 Å². The van der Waals surface area contributed by atoms with Gasteiger partial charge in [0.25, 0.3) is 0 Å². The van der Waals surface area contributed by atoms with Gasteiger partial charge in [-0.15, -0.1) is 0 Å². The number of nitrogens with one attached hydrogen (secondary N) is 1. The molecule has 0 spiro atoms. The van der Waals surface area contributed by atoms with Crippen molar-refractivity contribution >= 4 is 11.5 Å². The van der Waals surface area contributed by atoms with Crippen LogP contribution >= 0.6 is 0 Å². The number of rotatable bonds is 8. The first-order chi connectivity index (χ1) is 9.49. The molecule has 0 aromatic carbocycles. The van der Waals surface area contributed by atoms with E-state index in [1.165, 1.54) is 17.5 Å². The van der Waals surface area contributed by atoms with Crippen LogP contribution in [0.1, 0.15) is 18.5 Å². The minimum atomic E-state index is -0.705. The van der Waals surface area contributed by atoms with Crippen LogP contribution in [0.3, 0.4) is 0 Å². The average molecular weight is 284 g/mol. The van der Waals surface area contributed by atoms with Crippen molar-refractivity contribution in [1.82, 2.24) is 9.78 Å². The van der Waals surface area contributed by atoms with E-state index in [1.807, 2.05) is 0 Å². The molecular formula is C12H20N4O4. The number of aliphatic hydroxyl groups is 1. The molecule has 1 heterocycles. The first kappa shape index (κ1) is 14.7. The highest BCUT2D eigenvalue weighted by Gasteiger charge is 2.24. The van der Waals surface area contributed by atoms with Gasteiger partial charge in [-0.2, -0.15) is 5.10 Å². The van der Waals surface area contributed by atoms with Gasteiger partial charge in [-0.05, 0) is 25.7 Å². The second kappa shape index (κ2) is 6.19. The molecule has 0 amide bonds. The summed E-state index contributed by atoms with van der Waals surface area (Å²) in [5, 5.41) is 27.6. The van der Waals surface area contributed by atoms with E-state index in [-0.39, 0.29) is 18.8 Å². The van der Waals surface area contributed by atoms with Crippen LogP contribution in [0, 0.1) is 23.0 Å². The Kier molecular flexibility index (Phi) is 4.56. The molecule has 112 valence electrons. The Morgan fingerprint density at radius 2 is 2.35 bits per heavy atom. The summed E-state index contributed by atoms with van der Waals surface area (Å²) in [7, 11) is 1.62. The van der Waals surface area contributed by atoms with Crippen LogP contribution in [0.4, 0.5) is 11.5 Å². The van der Waals surface area contributed by atoms with E-state index in [1.54, 1.807) is 14.0 Å². The molecule has 1 fully saturated rings. The number of hydrogen-bond donors (Lipinski definition) is 2. The Hall–Kier alpha value is -1.67. The molecule has 2 N–H and O–H groups in total. The lowest BCUT2D eigenvalue weighted by molar-refractivity contribution is -0.384. The molecular weight excluding hydrogens is 264 g/mol. The van der Waals surface area contributed by atoms with Crippen LogP contribution < -0.4 is 5.32 Å². The zero-order valence-corrected chi connectivity index (χ0v) is 11.7. The number of nitro groups is 1. The molecule has 1 saturated carbocycles. The summed E-state index contributed by atoms with van der Waals surface area (Å²) in [5.41, 5.74) is 0.290. The third-order valence-electron chi connectivity index (χ3n) is 3.24. The lowest BCUT2D eigenvalue weighted by Crippen LogP contribution is -2.26. The number of anilines is 1. The fourth-order valence-electron chi connectivity index (χ4n) is 1.99. The van der Waals surface area contributed by atoms with Gasteiger partial charge in [0, 0.05) is 20.2 Å². The molecule has 0 radical (unpaired) electrons. The fourth-order valence-corrected chi connectivity index (χ4v) is 1.99. The first-order valence-electron chi connectivity index (χ1n) is 6.66. The summed E-state index contributed by atoms with van der Waals surface area (Å²) in [6, 6.07) is 0. The van der Waals surface area contributed by atoms with Crippen LogP contribution in [0.15, 0.2) is 0 Å². The number of ether oxygens (including phenoxy) is 1. The third kappa shape index (κ3) is 3.67. The van der Waals surface area contributed by atoms with Crippen molar-refractivity contribution in [3.8, 4) is 0 Å². The van der Waals surface area contributed by atoms with E-state index in [2.05, 4.69) is 10.4 Å². The van der Waals surface area contributed by atoms with Crippen molar-refractivity contribution in [3.63, 3.8) is 0 Å². The standard InChI is InChI=1S/C12H20N4O4/c1-8-11(16(18)19)12(15(2)14-8)13-5-10(17)7-20-6-9-3-4-9/h9-10,13,17H,3-7H2,1-2H3. The van der Waals surface area contributed by atoms with Gasteiger partial charge in [-0.3, -0.25) is 10.1 Å². The number of aliphatic hydroxyl groups excluding tert-OH is 1. The lowest BCUT2D eigenvalue weighted by atomic mass is 10.3. The predicted octanol–water partition coefficient (Wildman–Crippen LogP) is 0.836. The molecule has 1 aliphatic carbocycles. The van der Waals surface area contributed by atoms with Crippen molar-refractivity contribution in [1.29, 1.82) is 0 Å². The van der Waals surface area contributed by atoms with Crippen molar-refractivity contribution in [2.75, 3.05) is 25.1 Å². The van der Waals surface area contributed by atoms with E-state index in [0.717, 1.165) is 0 Å². The Morgan fingerprint density at radius 1 is 1.65 bits per heavy atom. The van der Waals surface area contributed by atoms with E-state index in [0.29, 0.717) is 24.0 Å². The Bertz CT molecular complexity index is 484. The normalized spacial score (nSPS) is 16.1. The van der Waals surface area contributed by atoms with Gasteiger partial charge in [0.15, 0.2) is 0 Å². The molecule has 8 nitrogen and oxygen atoms in total. The van der Waals surface area contributed by atoms with E-state index >= 15 is 0 Å². The number of nitrogens with zero attached hydrogens (tertiary/aromatic N) is 3. The summed E-state index contributed by atoms with van der Waals surface area (Å²) in [4.78, 5) is 10.5. The highest BCUT2D eigenvalue weighted by molar-refractivity contribution is 5.59. The number of aryl methyl sites for hydroxylation is 2. The molecule has 1 aromatic heterocycles. The van der Waals surface area contributed by atoms with Gasteiger partial charge in [-0.1, -0.05) is 0 Å². The molecule has 0 bridgehead atoms. The fraction of sp³-hybridized carbons (Fsp3) is 0.750. The van der Waals surface area contributed by atoms with Crippen molar-refractivity contribution in [3.05, 3.63) is 15.8 Å². The molecule has 1 atom stereocenters. The zero-order chi connectivity index (χ0) is 14.7. The van der Waals surface area contributed by atoms with Gasteiger partial charge >= 0.3 is 5.69 Å². The van der Waals surface area contributed by atoms with Crippen molar-refractivity contribution < 1.29 is 14.8 Å². The maximum atomic E-state index is 11.0. The van der Waals surface area contributed by atoms with Crippen LogP contribution in [0.2, 0.25) is 0 Å². The lowest BCUT2D eigenvalue weighted by Gasteiger charge is -2.12. The Balaban J connectivity index is 1.84. The second-order valence-electron chi connectivity index (χ2n) is 5.18. The van der Waals surface area contributed by atoms with E-state index in [4.69, 9.17) is 4.74 Å². The van der Waals surface area contributed by atoms with Crippen LogP contribution in [0.5, 0.6) is 0 Å². The number of hydrogen-bond acceptors (Lipinski definition) is 6. The number of aromatic nitrogens is 2. The third-order valence-corrected chi connectivity index (χ3v) is 3.24. The Labute approximate surface area is 116 Å². The zero-order valence-electron chi connectivity index (χ0n) is 11.7. The highest BCUT2D eigenvalue weighted by Crippen LogP contribution is 2.29. The minimum Gasteiger partial charge on any atom is -0.389 e. The van der Waals surface area contributed by atoms with Gasteiger partial charge in [0.1, 0.15) is 5.69 Å². The molecule has 1 unspecified atom stereocenters. The van der Waals surface area contributed by atoms with E-state index in [9.17, 15) is 15.2 Å². The molecule has 8 heteroatoms. The molecule has 0 aliphatic heterocycles. The maximum Gasteiger partial charge on any atom is 0.333 e. The quantitative estimate of drug-likeness (QED) is 0.541. The summed E-state index contributed by atoms with van der Waals surface area (Å²) < 4.78 is 6.78. The second-order valence-corrected chi connectivity index (χ2v) is 5.18. The minimum absolute atomic E-state index is 0.0569. The molecule has 20 heavy (non-hydrogen) atoms. The predicted molar refractivity (Wildman–Crippen MR) is 72.6 cm³/mol. The topological polar surface area (TPSA) is 102 Å².